The van der Waals surface area contributed by atoms with Gasteiger partial charge >= 0.3 is 5.97 Å². The van der Waals surface area contributed by atoms with Crippen molar-refractivity contribution in [2.75, 3.05) is 0 Å². The maximum absolute atomic E-state index is 11.4. The van der Waals surface area contributed by atoms with Crippen molar-refractivity contribution in [3.63, 3.8) is 0 Å². The Morgan fingerprint density at radius 3 is 2.79 bits per heavy atom. The minimum atomic E-state index is -0.942. The number of fused-ring (bicyclic) bond motifs is 1. The zero-order valence-electron chi connectivity index (χ0n) is 11.0. The van der Waals surface area contributed by atoms with E-state index in [-0.39, 0.29) is 5.56 Å². The van der Waals surface area contributed by atoms with Gasteiger partial charge in [-0.15, -0.1) is 0 Å². The number of rotatable bonds is 2. The third-order valence-corrected chi connectivity index (χ3v) is 3.74. The van der Waals surface area contributed by atoms with E-state index >= 15 is 0 Å². The summed E-state index contributed by atoms with van der Waals surface area (Å²) in [6, 6.07) is 1.77. The number of carbonyl (C=O) groups is 1. The SMILES string of the molecule is Cc1ncn(-c2nc3c(cc2C(=O)O)CCC3)c1C. The molecule has 0 bridgehead atoms. The predicted molar refractivity (Wildman–Crippen MR) is 69.8 cm³/mol. The minimum Gasteiger partial charge on any atom is -0.478 e. The molecule has 1 aliphatic rings. The summed E-state index contributed by atoms with van der Waals surface area (Å²) in [6.07, 6.45) is 4.54. The molecule has 5 heteroatoms. The number of imidazole rings is 1. The lowest BCUT2D eigenvalue weighted by Crippen LogP contribution is -2.10. The quantitative estimate of drug-likeness (QED) is 0.894. The third kappa shape index (κ3) is 1.82. The van der Waals surface area contributed by atoms with Crippen LogP contribution in [0, 0.1) is 13.8 Å². The highest BCUT2D eigenvalue weighted by Gasteiger charge is 2.21. The van der Waals surface area contributed by atoms with E-state index in [0.717, 1.165) is 41.9 Å². The van der Waals surface area contributed by atoms with Gasteiger partial charge in [0.25, 0.3) is 0 Å². The van der Waals surface area contributed by atoms with Crippen molar-refractivity contribution in [1.29, 1.82) is 0 Å². The van der Waals surface area contributed by atoms with Gasteiger partial charge < -0.3 is 5.11 Å². The minimum absolute atomic E-state index is 0.251. The molecule has 2 aromatic rings. The zero-order valence-corrected chi connectivity index (χ0v) is 11.0. The fourth-order valence-corrected chi connectivity index (χ4v) is 2.51. The van der Waals surface area contributed by atoms with Crippen molar-refractivity contribution in [1.82, 2.24) is 14.5 Å². The zero-order chi connectivity index (χ0) is 13.6. The van der Waals surface area contributed by atoms with Gasteiger partial charge in [0, 0.05) is 11.4 Å². The molecule has 0 unspecified atom stereocenters. The summed E-state index contributed by atoms with van der Waals surface area (Å²) in [4.78, 5) is 20.2. The van der Waals surface area contributed by atoms with Gasteiger partial charge in [-0.25, -0.2) is 14.8 Å². The number of hydrogen-bond acceptors (Lipinski definition) is 3. The van der Waals surface area contributed by atoms with Gasteiger partial charge in [-0.3, -0.25) is 4.57 Å². The van der Waals surface area contributed by atoms with E-state index in [2.05, 4.69) is 9.97 Å². The molecule has 0 atom stereocenters. The molecule has 0 spiro atoms. The second-order valence-electron chi connectivity index (χ2n) is 4.91. The molecule has 98 valence electrons. The van der Waals surface area contributed by atoms with Crippen LogP contribution in [0.1, 0.15) is 39.4 Å². The highest BCUT2D eigenvalue weighted by Crippen LogP contribution is 2.25. The molecule has 1 N–H and O–H groups in total. The molecule has 0 saturated carbocycles. The van der Waals surface area contributed by atoms with Gasteiger partial charge in [0.05, 0.1) is 5.69 Å². The molecule has 0 aliphatic heterocycles. The van der Waals surface area contributed by atoms with Gasteiger partial charge in [0.1, 0.15) is 11.9 Å². The summed E-state index contributed by atoms with van der Waals surface area (Å²) < 4.78 is 1.76. The van der Waals surface area contributed by atoms with E-state index in [9.17, 15) is 9.90 Å². The number of hydrogen-bond donors (Lipinski definition) is 1. The fraction of sp³-hybridized carbons (Fsp3) is 0.357. The van der Waals surface area contributed by atoms with Crippen molar-refractivity contribution >= 4 is 5.97 Å². The van der Waals surface area contributed by atoms with Crippen molar-refractivity contribution < 1.29 is 9.90 Å². The smallest absolute Gasteiger partial charge is 0.339 e. The number of aromatic nitrogens is 3. The lowest BCUT2D eigenvalue weighted by atomic mass is 10.1. The molecule has 0 amide bonds. The van der Waals surface area contributed by atoms with Crippen LogP contribution in [-0.2, 0) is 12.8 Å². The summed E-state index contributed by atoms with van der Waals surface area (Å²) in [5, 5.41) is 9.38. The number of pyridine rings is 1. The van der Waals surface area contributed by atoms with E-state index < -0.39 is 5.97 Å². The van der Waals surface area contributed by atoms with E-state index in [1.165, 1.54) is 0 Å². The summed E-state index contributed by atoms with van der Waals surface area (Å²) in [5.41, 5.74) is 4.15. The van der Waals surface area contributed by atoms with Crippen molar-refractivity contribution in [3.8, 4) is 5.82 Å². The first kappa shape index (κ1) is 11.9. The van der Waals surface area contributed by atoms with Gasteiger partial charge in [0.2, 0.25) is 0 Å². The van der Waals surface area contributed by atoms with Crippen LogP contribution >= 0.6 is 0 Å². The second kappa shape index (κ2) is 4.19. The Balaban J connectivity index is 2.25. The number of aryl methyl sites for hydroxylation is 3. The van der Waals surface area contributed by atoms with Crippen LogP contribution in [0.2, 0.25) is 0 Å². The molecule has 19 heavy (non-hydrogen) atoms. The summed E-state index contributed by atoms with van der Waals surface area (Å²) >= 11 is 0. The van der Waals surface area contributed by atoms with Crippen LogP contribution in [0.25, 0.3) is 5.82 Å². The van der Waals surface area contributed by atoms with Crippen molar-refractivity contribution in [3.05, 3.63) is 40.6 Å². The van der Waals surface area contributed by atoms with Crippen LogP contribution in [-0.4, -0.2) is 25.6 Å². The van der Waals surface area contributed by atoms with Crippen LogP contribution in [0.5, 0.6) is 0 Å². The average Bonchev–Trinajstić information content (AvgIpc) is 2.95. The maximum Gasteiger partial charge on any atom is 0.339 e. The molecule has 0 aromatic carbocycles. The summed E-state index contributed by atoms with van der Waals surface area (Å²) in [6.45, 7) is 3.82. The molecule has 0 radical (unpaired) electrons. The highest BCUT2D eigenvalue weighted by atomic mass is 16.4. The topological polar surface area (TPSA) is 68.0 Å². The standard InChI is InChI=1S/C14H15N3O2/c1-8-9(2)17(7-15-8)13-11(14(18)19)6-10-4-3-5-12(10)16-13/h6-7H,3-5H2,1-2H3,(H,18,19). The van der Waals surface area contributed by atoms with Gasteiger partial charge in [-0.1, -0.05) is 0 Å². The molecule has 2 aromatic heterocycles. The van der Waals surface area contributed by atoms with Crippen LogP contribution < -0.4 is 0 Å². The molecule has 2 heterocycles. The van der Waals surface area contributed by atoms with Crippen molar-refractivity contribution in [2.45, 2.75) is 33.1 Å². The molecule has 0 fully saturated rings. The highest BCUT2D eigenvalue weighted by molar-refractivity contribution is 5.91. The van der Waals surface area contributed by atoms with Gasteiger partial charge in [-0.05, 0) is 44.7 Å². The Morgan fingerprint density at radius 2 is 2.16 bits per heavy atom. The Labute approximate surface area is 110 Å². The van der Waals surface area contributed by atoms with E-state index in [1.54, 1.807) is 17.0 Å². The number of aromatic carboxylic acids is 1. The third-order valence-electron chi connectivity index (χ3n) is 3.74. The lowest BCUT2D eigenvalue weighted by molar-refractivity contribution is 0.0696. The van der Waals surface area contributed by atoms with Crippen LogP contribution in [0.15, 0.2) is 12.4 Å². The first-order valence-electron chi connectivity index (χ1n) is 6.35. The Hall–Kier alpha value is -2.17. The molecular formula is C14H15N3O2. The molecule has 3 rings (SSSR count). The molecule has 0 saturated heterocycles. The lowest BCUT2D eigenvalue weighted by Gasteiger charge is -2.11. The molecule has 5 nitrogen and oxygen atoms in total. The van der Waals surface area contributed by atoms with Crippen LogP contribution in [0.4, 0.5) is 0 Å². The Morgan fingerprint density at radius 1 is 1.37 bits per heavy atom. The summed E-state index contributed by atoms with van der Waals surface area (Å²) in [5.74, 6) is -0.464. The monoisotopic (exact) mass is 257 g/mol. The van der Waals surface area contributed by atoms with E-state index in [4.69, 9.17) is 0 Å². The fourth-order valence-electron chi connectivity index (χ4n) is 2.51. The number of carboxylic acids is 1. The van der Waals surface area contributed by atoms with Gasteiger partial charge in [-0.2, -0.15) is 0 Å². The average molecular weight is 257 g/mol. The van der Waals surface area contributed by atoms with E-state index in [0.29, 0.717) is 5.82 Å². The molecular weight excluding hydrogens is 242 g/mol. The number of carboxylic acid groups (broad SMARTS) is 1. The maximum atomic E-state index is 11.4. The summed E-state index contributed by atoms with van der Waals surface area (Å²) in [7, 11) is 0. The largest absolute Gasteiger partial charge is 0.478 e. The normalized spacial score (nSPS) is 13.6. The number of nitrogens with zero attached hydrogens (tertiary/aromatic N) is 3. The van der Waals surface area contributed by atoms with Crippen LogP contribution in [0.3, 0.4) is 0 Å². The molecule has 1 aliphatic carbocycles. The Kier molecular flexibility index (Phi) is 2.62. The van der Waals surface area contributed by atoms with Gasteiger partial charge in [0.15, 0.2) is 5.82 Å². The first-order chi connectivity index (χ1) is 9.08. The van der Waals surface area contributed by atoms with Crippen molar-refractivity contribution in [2.24, 2.45) is 0 Å². The first-order valence-corrected chi connectivity index (χ1v) is 6.35. The second-order valence-corrected chi connectivity index (χ2v) is 4.91. The van der Waals surface area contributed by atoms with E-state index in [1.807, 2.05) is 13.8 Å². The Bertz CT molecular complexity index is 674. The predicted octanol–water partition coefficient (Wildman–Crippen LogP) is 2.07.